The molecule has 1 fully saturated rings. The van der Waals surface area contributed by atoms with Crippen LogP contribution in [0.5, 0.6) is 0 Å². The molecular formula is C14H21N2O+. The molecule has 0 bridgehead atoms. The molecule has 17 heavy (non-hydrogen) atoms. The molecule has 1 aliphatic heterocycles. The first-order valence-corrected chi connectivity index (χ1v) is 6.34. The van der Waals surface area contributed by atoms with Gasteiger partial charge in [-0.1, -0.05) is 24.3 Å². The standard InChI is InChI=1S/C14H20N2O/c1-11-4-2-3-5-13(11)10-16-8-6-12(7-9-16)14(15)17/h2-5,12H,6-10H2,1H3,(H2,15,17)/p+1. The third kappa shape index (κ3) is 3.07. The number of hydrogen-bond donors (Lipinski definition) is 2. The van der Waals surface area contributed by atoms with Gasteiger partial charge >= 0.3 is 0 Å². The molecule has 1 amide bonds. The molecular weight excluding hydrogens is 212 g/mol. The zero-order valence-electron chi connectivity index (χ0n) is 10.4. The van der Waals surface area contributed by atoms with Crippen LogP contribution in [-0.2, 0) is 11.3 Å². The van der Waals surface area contributed by atoms with E-state index in [-0.39, 0.29) is 11.8 Å². The SMILES string of the molecule is Cc1ccccc1C[NH+]1CCC(C(N)=O)CC1. The van der Waals surface area contributed by atoms with E-state index in [9.17, 15) is 4.79 Å². The summed E-state index contributed by atoms with van der Waals surface area (Å²) in [5.41, 5.74) is 8.12. The second-order valence-corrected chi connectivity index (χ2v) is 5.03. The number of primary amides is 1. The summed E-state index contributed by atoms with van der Waals surface area (Å²) < 4.78 is 0. The molecule has 1 saturated heterocycles. The van der Waals surface area contributed by atoms with Crippen molar-refractivity contribution in [3.8, 4) is 0 Å². The van der Waals surface area contributed by atoms with Crippen molar-refractivity contribution < 1.29 is 9.69 Å². The van der Waals surface area contributed by atoms with E-state index >= 15 is 0 Å². The largest absolute Gasteiger partial charge is 0.369 e. The normalized spacial score (nSPS) is 24.5. The lowest BCUT2D eigenvalue weighted by Gasteiger charge is -2.28. The highest BCUT2D eigenvalue weighted by Gasteiger charge is 2.25. The zero-order chi connectivity index (χ0) is 12.3. The van der Waals surface area contributed by atoms with Crippen LogP contribution in [0, 0.1) is 12.8 Å². The van der Waals surface area contributed by atoms with Crippen LogP contribution in [0.4, 0.5) is 0 Å². The monoisotopic (exact) mass is 233 g/mol. The van der Waals surface area contributed by atoms with E-state index in [0.29, 0.717) is 0 Å². The smallest absolute Gasteiger partial charge is 0.220 e. The van der Waals surface area contributed by atoms with Gasteiger partial charge in [-0.3, -0.25) is 4.79 Å². The van der Waals surface area contributed by atoms with Crippen LogP contribution in [0.1, 0.15) is 24.0 Å². The molecule has 0 aliphatic carbocycles. The molecule has 0 unspecified atom stereocenters. The maximum Gasteiger partial charge on any atom is 0.220 e. The lowest BCUT2D eigenvalue weighted by Crippen LogP contribution is -3.11. The summed E-state index contributed by atoms with van der Waals surface area (Å²) in [7, 11) is 0. The molecule has 2 rings (SSSR count). The highest BCUT2D eigenvalue weighted by Crippen LogP contribution is 2.10. The zero-order valence-corrected chi connectivity index (χ0v) is 10.4. The number of carbonyl (C=O) groups is 1. The van der Waals surface area contributed by atoms with Crippen molar-refractivity contribution in [1.82, 2.24) is 0 Å². The van der Waals surface area contributed by atoms with Crippen LogP contribution >= 0.6 is 0 Å². The van der Waals surface area contributed by atoms with Crippen molar-refractivity contribution in [2.75, 3.05) is 13.1 Å². The Hall–Kier alpha value is -1.35. The molecule has 1 aliphatic rings. The van der Waals surface area contributed by atoms with Gasteiger partial charge in [-0.2, -0.15) is 0 Å². The van der Waals surface area contributed by atoms with Gasteiger partial charge in [-0.05, 0) is 12.5 Å². The molecule has 3 heteroatoms. The summed E-state index contributed by atoms with van der Waals surface area (Å²) in [6, 6.07) is 8.53. The van der Waals surface area contributed by atoms with Gasteiger partial charge in [0.05, 0.1) is 13.1 Å². The van der Waals surface area contributed by atoms with Crippen LogP contribution < -0.4 is 10.6 Å². The second-order valence-electron chi connectivity index (χ2n) is 5.03. The molecule has 1 aromatic rings. The fourth-order valence-electron chi connectivity index (χ4n) is 2.57. The van der Waals surface area contributed by atoms with Crippen LogP contribution in [-0.4, -0.2) is 19.0 Å². The first kappa shape index (κ1) is 12.1. The number of rotatable bonds is 3. The Kier molecular flexibility index (Phi) is 3.79. The summed E-state index contributed by atoms with van der Waals surface area (Å²) in [6.45, 7) is 5.34. The highest BCUT2D eigenvalue weighted by atomic mass is 16.1. The number of nitrogens with two attached hydrogens (primary N) is 1. The van der Waals surface area contributed by atoms with Gasteiger partial charge in [0.2, 0.25) is 5.91 Å². The third-order valence-corrected chi connectivity index (χ3v) is 3.80. The summed E-state index contributed by atoms with van der Waals surface area (Å²) in [4.78, 5) is 12.7. The van der Waals surface area contributed by atoms with Crippen molar-refractivity contribution in [2.45, 2.75) is 26.3 Å². The van der Waals surface area contributed by atoms with E-state index in [1.54, 1.807) is 4.90 Å². The quantitative estimate of drug-likeness (QED) is 0.774. The Morgan fingerprint density at radius 1 is 1.35 bits per heavy atom. The number of piperidine rings is 1. The molecule has 1 heterocycles. The maximum atomic E-state index is 11.1. The molecule has 0 aromatic heterocycles. The Labute approximate surface area is 103 Å². The molecule has 0 saturated carbocycles. The van der Waals surface area contributed by atoms with Gasteiger partial charge in [0.25, 0.3) is 0 Å². The lowest BCUT2D eigenvalue weighted by atomic mass is 9.95. The molecule has 1 aromatic carbocycles. The minimum absolute atomic E-state index is 0.107. The number of hydrogen-bond acceptors (Lipinski definition) is 1. The second kappa shape index (κ2) is 5.32. The first-order valence-electron chi connectivity index (χ1n) is 6.34. The molecule has 3 nitrogen and oxygen atoms in total. The average Bonchev–Trinajstić information content (AvgIpc) is 2.33. The van der Waals surface area contributed by atoms with Gasteiger partial charge in [0.15, 0.2) is 0 Å². The first-order chi connectivity index (χ1) is 8.16. The maximum absolute atomic E-state index is 11.1. The van der Waals surface area contributed by atoms with E-state index in [0.717, 1.165) is 32.5 Å². The lowest BCUT2D eigenvalue weighted by molar-refractivity contribution is -0.919. The number of quaternary nitrogens is 1. The van der Waals surface area contributed by atoms with Crippen LogP contribution in [0.15, 0.2) is 24.3 Å². The highest BCUT2D eigenvalue weighted by molar-refractivity contribution is 5.76. The number of nitrogens with one attached hydrogen (secondary N) is 1. The Bertz CT molecular complexity index is 395. The van der Waals surface area contributed by atoms with E-state index in [4.69, 9.17) is 5.73 Å². The van der Waals surface area contributed by atoms with Gasteiger partial charge in [0.1, 0.15) is 6.54 Å². The number of amides is 1. The van der Waals surface area contributed by atoms with E-state index in [1.807, 2.05) is 0 Å². The number of likely N-dealkylation sites (tertiary alicyclic amines) is 1. The van der Waals surface area contributed by atoms with Gasteiger partial charge in [-0.15, -0.1) is 0 Å². The fourth-order valence-corrected chi connectivity index (χ4v) is 2.57. The molecule has 0 spiro atoms. The molecule has 3 N–H and O–H groups in total. The number of benzene rings is 1. The molecule has 0 radical (unpaired) electrons. The summed E-state index contributed by atoms with van der Waals surface area (Å²) >= 11 is 0. The minimum atomic E-state index is -0.125. The van der Waals surface area contributed by atoms with Crippen molar-refractivity contribution in [2.24, 2.45) is 11.7 Å². The fraction of sp³-hybridized carbons (Fsp3) is 0.500. The van der Waals surface area contributed by atoms with E-state index in [2.05, 4.69) is 31.2 Å². The van der Waals surface area contributed by atoms with Gasteiger partial charge in [0, 0.05) is 24.3 Å². The minimum Gasteiger partial charge on any atom is -0.369 e. The van der Waals surface area contributed by atoms with Crippen molar-refractivity contribution in [3.05, 3.63) is 35.4 Å². The third-order valence-electron chi connectivity index (χ3n) is 3.80. The molecule has 92 valence electrons. The van der Waals surface area contributed by atoms with Gasteiger partial charge < -0.3 is 10.6 Å². The number of carbonyl (C=O) groups excluding carboxylic acids is 1. The predicted octanol–water partition coefficient (Wildman–Crippen LogP) is 0.275. The van der Waals surface area contributed by atoms with Crippen LogP contribution in [0.3, 0.4) is 0 Å². The van der Waals surface area contributed by atoms with Crippen molar-refractivity contribution in [3.63, 3.8) is 0 Å². The van der Waals surface area contributed by atoms with Crippen molar-refractivity contribution in [1.29, 1.82) is 0 Å². The van der Waals surface area contributed by atoms with E-state index < -0.39 is 0 Å². The Balaban J connectivity index is 1.90. The summed E-state index contributed by atoms with van der Waals surface area (Å²) in [6.07, 6.45) is 1.88. The topological polar surface area (TPSA) is 47.5 Å². The van der Waals surface area contributed by atoms with Crippen molar-refractivity contribution >= 4 is 5.91 Å². The van der Waals surface area contributed by atoms with Crippen LogP contribution in [0.25, 0.3) is 0 Å². The van der Waals surface area contributed by atoms with Crippen LogP contribution in [0.2, 0.25) is 0 Å². The Morgan fingerprint density at radius 2 is 2.00 bits per heavy atom. The predicted molar refractivity (Wildman–Crippen MR) is 67.5 cm³/mol. The molecule has 0 atom stereocenters. The Morgan fingerprint density at radius 3 is 2.59 bits per heavy atom. The number of aryl methyl sites for hydroxylation is 1. The summed E-state index contributed by atoms with van der Waals surface area (Å²) in [5, 5.41) is 0. The van der Waals surface area contributed by atoms with E-state index in [1.165, 1.54) is 11.1 Å². The average molecular weight is 233 g/mol. The summed E-state index contributed by atoms with van der Waals surface area (Å²) in [5.74, 6) is -0.0180. The van der Waals surface area contributed by atoms with Gasteiger partial charge in [-0.25, -0.2) is 0 Å².